The average Bonchev–Trinajstić information content (AvgIpc) is 2.39. The molecule has 1 fully saturated rings. The zero-order chi connectivity index (χ0) is 11.9. The van der Waals surface area contributed by atoms with Crippen LogP contribution in [0.5, 0.6) is 5.75 Å². The maximum absolute atomic E-state index is 10.3. The fourth-order valence-corrected chi connectivity index (χ4v) is 1.77. The molecule has 2 rings (SSSR count). The van der Waals surface area contributed by atoms with Gasteiger partial charge in [-0.15, -0.1) is 0 Å². The zero-order valence-electron chi connectivity index (χ0n) is 9.67. The minimum absolute atomic E-state index is 0.0712. The number of carbonyl (C=O) groups is 1. The van der Waals surface area contributed by atoms with Crippen molar-refractivity contribution in [2.24, 2.45) is 0 Å². The van der Waals surface area contributed by atoms with E-state index in [1.165, 1.54) is 0 Å². The largest absolute Gasteiger partial charge is 0.484 e. The molecule has 0 atom stereocenters. The summed E-state index contributed by atoms with van der Waals surface area (Å²) < 4.78 is 10.6. The standard InChI is InChI=1S/C12H16N2O3/c15-6-9-17-12-2-1-3-13-11(12)10-14-4-7-16-8-5-14/h1-3,6H,4-5,7-10H2. The zero-order valence-corrected chi connectivity index (χ0v) is 9.67. The Labute approximate surface area is 100 Å². The molecule has 1 aromatic rings. The van der Waals surface area contributed by atoms with Gasteiger partial charge in [-0.2, -0.15) is 0 Å². The number of rotatable bonds is 5. The summed E-state index contributed by atoms with van der Waals surface area (Å²) in [7, 11) is 0. The molecule has 0 aromatic carbocycles. The molecule has 0 bridgehead atoms. The Bertz CT molecular complexity index is 365. The first-order valence-electron chi connectivity index (χ1n) is 5.70. The maximum Gasteiger partial charge on any atom is 0.157 e. The minimum atomic E-state index is 0.0712. The fraction of sp³-hybridized carbons (Fsp3) is 0.500. The van der Waals surface area contributed by atoms with Crippen molar-refractivity contribution in [3.63, 3.8) is 0 Å². The smallest absolute Gasteiger partial charge is 0.157 e. The van der Waals surface area contributed by atoms with Crippen molar-refractivity contribution in [1.29, 1.82) is 0 Å². The number of aromatic nitrogens is 1. The number of carbonyl (C=O) groups excluding carboxylic acids is 1. The first-order chi connectivity index (χ1) is 8.40. The molecule has 5 heteroatoms. The highest BCUT2D eigenvalue weighted by atomic mass is 16.5. The van der Waals surface area contributed by atoms with Crippen LogP contribution in [-0.4, -0.2) is 49.1 Å². The van der Waals surface area contributed by atoms with Gasteiger partial charge in [-0.3, -0.25) is 14.7 Å². The maximum atomic E-state index is 10.3. The Hall–Kier alpha value is -1.46. The van der Waals surface area contributed by atoms with Crippen LogP contribution in [-0.2, 0) is 16.1 Å². The van der Waals surface area contributed by atoms with Gasteiger partial charge in [0.2, 0.25) is 0 Å². The van der Waals surface area contributed by atoms with Gasteiger partial charge in [-0.25, -0.2) is 0 Å². The highest BCUT2D eigenvalue weighted by Gasteiger charge is 2.13. The fourth-order valence-electron chi connectivity index (χ4n) is 1.77. The quantitative estimate of drug-likeness (QED) is 0.696. The first-order valence-corrected chi connectivity index (χ1v) is 5.70. The van der Waals surface area contributed by atoms with Crippen molar-refractivity contribution in [1.82, 2.24) is 9.88 Å². The lowest BCUT2D eigenvalue weighted by molar-refractivity contribution is -0.109. The first kappa shape index (κ1) is 12.0. The summed E-state index contributed by atoms with van der Waals surface area (Å²) >= 11 is 0. The molecule has 1 saturated heterocycles. The third-order valence-electron chi connectivity index (χ3n) is 2.63. The Morgan fingerprint density at radius 1 is 1.47 bits per heavy atom. The van der Waals surface area contributed by atoms with Crippen molar-refractivity contribution in [2.75, 3.05) is 32.9 Å². The Morgan fingerprint density at radius 2 is 2.29 bits per heavy atom. The van der Waals surface area contributed by atoms with Crippen molar-refractivity contribution in [2.45, 2.75) is 6.54 Å². The number of hydrogen-bond donors (Lipinski definition) is 0. The third-order valence-corrected chi connectivity index (χ3v) is 2.63. The second-order valence-electron chi connectivity index (χ2n) is 3.81. The van der Waals surface area contributed by atoms with E-state index in [1.807, 2.05) is 12.1 Å². The molecule has 1 aromatic heterocycles. The van der Waals surface area contributed by atoms with Crippen molar-refractivity contribution in [3.05, 3.63) is 24.0 Å². The molecule has 0 radical (unpaired) electrons. The summed E-state index contributed by atoms with van der Waals surface area (Å²) in [6.45, 7) is 4.14. The molecule has 17 heavy (non-hydrogen) atoms. The van der Waals surface area contributed by atoms with Crippen molar-refractivity contribution in [3.8, 4) is 5.75 Å². The van der Waals surface area contributed by atoms with Gasteiger partial charge in [0, 0.05) is 25.8 Å². The van der Waals surface area contributed by atoms with E-state index in [4.69, 9.17) is 9.47 Å². The lowest BCUT2D eigenvalue weighted by atomic mass is 10.3. The molecular weight excluding hydrogens is 220 g/mol. The molecule has 0 saturated carbocycles. The Morgan fingerprint density at radius 3 is 3.06 bits per heavy atom. The minimum Gasteiger partial charge on any atom is -0.484 e. The summed E-state index contributed by atoms with van der Waals surface area (Å²) in [6, 6.07) is 3.65. The van der Waals surface area contributed by atoms with Crippen LogP contribution >= 0.6 is 0 Å². The van der Waals surface area contributed by atoms with Gasteiger partial charge in [0.15, 0.2) is 6.29 Å². The van der Waals surface area contributed by atoms with Crippen LogP contribution in [0.4, 0.5) is 0 Å². The van der Waals surface area contributed by atoms with E-state index in [0.29, 0.717) is 5.75 Å². The van der Waals surface area contributed by atoms with Crippen molar-refractivity contribution >= 4 is 6.29 Å². The summed E-state index contributed by atoms with van der Waals surface area (Å²) in [4.78, 5) is 16.9. The van der Waals surface area contributed by atoms with Crippen LogP contribution < -0.4 is 4.74 Å². The number of hydrogen-bond acceptors (Lipinski definition) is 5. The third kappa shape index (κ3) is 3.51. The van der Waals surface area contributed by atoms with Crippen molar-refractivity contribution < 1.29 is 14.3 Å². The number of ether oxygens (including phenoxy) is 2. The average molecular weight is 236 g/mol. The number of morpholine rings is 1. The summed E-state index contributed by atoms with van der Waals surface area (Å²) in [6.07, 6.45) is 2.48. The van der Waals surface area contributed by atoms with E-state index >= 15 is 0 Å². The van der Waals surface area contributed by atoms with E-state index in [1.54, 1.807) is 6.20 Å². The molecule has 0 unspecified atom stereocenters. The van der Waals surface area contributed by atoms with Gasteiger partial charge in [-0.1, -0.05) is 0 Å². The SMILES string of the molecule is O=CCOc1cccnc1CN1CCOCC1. The highest BCUT2D eigenvalue weighted by molar-refractivity contribution is 5.51. The van der Waals surface area contributed by atoms with E-state index in [2.05, 4.69) is 9.88 Å². The second kappa shape index (κ2) is 6.32. The van der Waals surface area contributed by atoms with Crippen LogP contribution in [0.15, 0.2) is 18.3 Å². The van der Waals surface area contributed by atoms with Gasteiger partial charge in [0.05, 0.1) is 18.9 Å². The predicted molar refractivity (Wildman–Crippen MR) is 61.9 cm³/mol. The highest BCUT2D eigenvalue weighted by Crippen LogP contribution is 2.17. The van der Waals surface area contributed by atoms with Crippen LogP contribution in [0.3, 0.4) is 0 Å². The number of nitrogens with zero attached hydrogens (tertiary/aromatic N) is 2. The molecule has 92 valence electrons. The van der Waals surface area contributed by atoms with E-state index in [9.17, 15) is 4.79 Å². The molecule has 1 aliphatic rings. The lowest BCUT2D eigenvalue weighted by Gasteiger charge is -2.26. The predicted octanol–water partition coefficient (Wildman–Crippen LogP) is 0.491. The van der Waals surface area contributed by atoms with Gasteiger partial charge in [0.25, 0.3) is 0 Å². The van der Waals surface area contributed by atoms with Crippen LogP contribution in [0.2, 0.25) is 0 Å². The summed E-state index contributed by atoms with van der Waals surface area (Å²) in [5, 5.41) is 0. The summed E-state index contributed by atoms with van der Waals surface area (Å²) in [5.74, 6) is 0.686. The molecular formula is C12H16N2O3. The molecule has 0 N–H and O–H groups in total. The normalized spacial score (nSPS) is 16.7. The number of pyridine rings is 1. The Kier molecular flexibility index (Phi) is 4.46. The molecule has 2 heterocycles. The monoisotopic (exact) mass is 236 g/mol. The van der Waals surface area contributed by atoms with Gasteiger partial charge in [-0.05, 0) is 12.1 Å². The molecule has 1 aliphatic heterocycles. The summed E-state index contributed by atoms with van der Waals surface area (Å²) in [5.41, 5.74) is 0.872. The number of aldehydes is 1. The van der Waals surface area contributed by atoms with E-state index in [-0.39, 0.29) is 6.61 Å². The Balaban J connectivity index is 2.00. The van der Waals surface area contributed by atoms with E-state index in [0.717, 1.165) is 44.8 Å². The van der Waals surface area contributed by atoms with Crippen LogP contribution in [0.25, 0.3) is 0 Å². The molecule has 5 nitrogen and oxygen atoms in total. The topological polar surface area (TPSA) is 51.7 Å². The molecule has 0 aliphatic carbocycles. The van der Waals surface area contributed by atoms with E-state index < -0.39 is 0 Å². The van der Waals surface area contributed by atoms with Gasteiger partial charge >= 0.3 is 0 Å². The van der Waals surface area contributed by atoms with Crippen LogP contribution in [0.1, 0.15) is 5.69 Å². The molecule has 0 amide bonds. The molecule has 0 spiro atoms. The van der Waals surface area contributed by atoms with Crippen LogP contribution in [0, 0.1) is 0 Å². The van der Waals surface area contributed by atoms with Gasteiger partial charge < -0.3 is 9.47 Å². The lowest BCUT2D eigenvalue weighted by Crippen LogP contribution is -2.36. The second-order valence-corrected chi connectivity index (χ2v) is 3.81. The van der Waals surface area contributed by atoms with Gasteiger partial charge in [0.1, 0.15) is 12.4 Å².